The van der Waals surface area contributed by atoms with Crippen molar-refractivity contribution in [3.63, 3.8) is 0 Å². The Morgan fingerprint density at radius 1 is 1.08 bits per heavy atom. The van der Waals surface area contributed by atoms with Gasteiger partial charge in [-0.05, 0) is 30.7 Å². The number of nitrogens with one attached hydrogen (secondary N) is 1. The zero-order valence-electron chi connectivity index (χ0n) is 13.1. The van der Waals surface area contributed by atoms with Crippen molar-refractivity contribution >= 4 is 26.5 Å². The first-order valence-corrected chi connectivity index (χ1v) is 9.36. The molecule has 0 amide bonds. The number of methoxy groups -OCH3 is 1. The lowest BCUT2D eigenvalue weighted by molar-refractivity contribution is 0.411. The van der Waals surface area contributed by atoms with Gasteiger partial charge in [-0.2, -0.15) is 0 Å². The number of hydrogen-bond donors (Lipinski definition) is 1. The summed E-state index contributed by atoms with van der Waals surface area (Å²) in [7, 11) is -2.18. The predicted octanol–water partition coefficient (Wildman–Crippen LogP) is 3.32. The van der Waals surface area contributed by atoms with Gasteiger partial charge in [0.2, 0.25) is 5.13 Å². The molecule has 24 heavy (non-hydrogen) atoms. The van der Waals surface area contributed by atoms with Gasteiger partial charge in [0.15, 0.2) is 0 Å². The fourth-order valence-corrected chi connectivity index (χ4v) is 4.22. The number of aryl methyl sites for hydroxylation is 1. The average molecular weight is 361 g/mol. The lowest BCUT2D eigenvalue weighted by atomic mass is 10.2. The number of rotatable bonds is 5. The van der Waals surface area contributed by atoms with Crippen molar-refractivity contribution in [1.29, 1.82) is 0 Å². The quantitative estimate of drug-likeness (QED) is 0.754. The molecular weight excluding hydrogens is 346 g/mol. The number of aromatic nitrogens is 2. The molecule has 3 aromatic rings. The second-order valence-corrected chi connectivity index (χ2v) is 7.68. The molecule has 1 heterocycles. The number of hydrogen-bond acceptors (Lipinski definition) is 6. The molecule has 0 atom stereocenters. The minimum Gasteiger partial charge on any atom is -0.496 e. The SMILES string of the molecule is COc1ccc(S(=O)(=O)Nc2nnc(-c3ccccc3)s2)cc1C. The second-order valence-electron chi connectivity index (χ2n) is 5.02. The van der Waals surface area contributed by atoms with Gasteiger partial charge in [0.1, 0.15) is 10.8 Å². The highest BCUT2D eigenvalue weighted by Gasteiger charge is 2.18. The molecule has 0 radical (unpaired) electrons. The number of anilines is 1. The summed E-state index contributed by atoms with van der Waals surface area (Å²) in [4.78, 5) is 0.150. The van der Waals surface area contributed by atoms with Crippen LogP contribution >= 0.6 is 11.3 Å². The topological polar surface area (TPSA) is 81.2 Å². The molecule has 124 valence electrons. The van der Waals surface area contributed by atoms with Gasteiger partial charge < -0.3 is 4.74 Å². The van der Waals surface area contributed by atoms with Gasteiger partial charge in [0, 0.05) is 5.56 Å². The molecule has 1 N–H and O–H groups in total. The monoisotopic (exact) mass is 361 g/mol. The van der Waals surface area contributed by atoms with Crippen LogP contribution in [0.3, 0.4) is 0 Å². The number of benzene rings is 2. The van der Waals surface area contributed by atoms with Crippen molar-refractivity contribution in [2.75, 3.05) is 11.8 Å². The Morgan fingerprint density at radius 2 is 1.83 bits per heavy atom. The maximum atomic E-state index is 12.5. The molecule has 6 nitrogen and oxygen atoms in total. The van der Waals surface area contributed by atoms with Crippen LogP contribution in [-0.4, -0.2) is 25.7 Å². The van der Waals surface area contributed by atoms with E-state index in [0.717, 1.165) is 11.1 Å². The molecule has 0 aliphatic rings. The molecule has 0 fully saturated rings. The summed E-state index contributed by atoms with van der Waals surface area (Å²) in [6.07, 6.45) is 0. The third kappa shape index (κ3) is 3.39. The zero-order chi connectivity index (χ0) is 17.2. The van der Waals surface area contributed by atoms with Gasteiger partial charge in [0.05, 0.1) is 12.0 Å². The Hall–Kier alpha value is -2.45. The van der Waals surface area contributed by atoms with Crippen molar-refractivity contribution in [2.45, 2.75) is 11.8 Å². The maximum absolute atomic E-state index is 12.5. The van der Waals surface area contributed by atoms with Crippen molar-refractivity contribution in [3.8, 4) is 16.3 Å². The maximum Gasteiger partial charge on any atom is 0.263 e. The van der Waals surface area contributed by atoms with Gasteiger partial charge in [-0.1, -0.05) is 41.7 Å². The molecule has 0 bridgehead atoms. The fraction of sp³-hybridized carbons (Fsp3) is 0.125. The molecule has 1 aromatic heterocycles. The van der Waals surface area contributed by atoms with Crippen LogP contribution in [-0.2, 0) is 10.0 Å². The molecule has 0 unspecified atom stereocenters. The van der Waals surface area contributed by atoms with E-state index in [1.165, 1.54) is 17.4 Å². The Morgan fingerprint density at radius 3 is 2.50 bits per heavy atom. The lowest BCUT2D eigenvalue weighted by Crippen LogP contribution is -2.13. The van der Waals surface area contributed by atoms with E-state index in [1.807, 2.05) is 30.3 Å². The Balaban J connectivity index is 1.85. The predicted molar refractivity (Wildman–Crippen MR) is 93.9 cm³/mol. The van der Waals surface area contributed by atoms with Crippen LogP contribution in [0.5, 0.6) is 5.75 Å². The molecule has 0 aliphatic carbocycles. The van der Waals surface area contributed by atoms with E-state index in [2.05, 4.69) is 14.9 Å². The molecule has 0 aliphatic heterocycles. The van der Waals surface area contributed by atoms with E-state index in [1.54, 1.807) is 26.2 Å². The molecule has 0 saturated heterocycles. The van der Waals surface area contributed by atoms with Crippen LogP contribution < -0.4 is 9.46 Å². The first-order valence-electron chi connectivity index (χ1n) is 7.06. The van der Waals surface area contributed by atoms with Gasteiger partial charge in [0.25, 0.3) is 10.0 Å². The van der Waals surface area contributed by atoms with Crippen LogP contribution in [0.2, 0.25) is 0 Å². The molecule has 0 spiro atoms. The molecule has 3 rings (SSSR count). The summed E-state index contributed by atoms with van der Waals surface area (Å²) < 4.78 is 32.6. The van der Waals surface area contributed by atoms with Crippen LogP contribution in [0.1, 0.15) is 5.56 Å². The minimum absolute atomic E-state index is 0.150. The van der Waals surface area contributed by atoms with E-state index >= 15 is 0 Å². The van der Waals surface area contributed by atoms with Gasteiger partial charge >= 0.3 is 0 Å². The largest absolute Gasteiger partial charge is 0.496 e. The first-order chi connectivity index (χ1) is 11.5. The third-order valence-corrected chi connectivity index (χ3v) is 5.70. The minimum atomic E-state index is -3.73. The van der Waals surface area contributed by atoms with Crippen molar-refractivity contribution in [2.24, 2.45) is 0 Å². The van der Waals surface area contributed by atoms with Gasteiger partial charge in [-0.15, -0.1) is 10.2 Å². The lowest BCUT2D eigenvalue weighted by Gasteiger charge is -2.08. The molecule has 2 aromatic carbocycles. The summed E-state index contributed by atoms with van der Waals surface area (Å²) in [6, 6.07) is 14.1. The van der Waals surface area contributed by atoms with Crippen molar-refractivity contribution in [1.82, 2.24) is 10.2 Å². The van der Waals surface area contributed by atoms with Gasteiger partial charge in [-0.25, -0.2) is 8.42 Å². The fourth-order valence-electron chi connectivity index (χ4n) is 2.15. The van der Waals surface area contributed by atoms with Crippen molar-refractivity contribution in [3.05, 3.63) is 54.1 Å². The normalized spacial score (nSPS) is 11.2. The van der Waals surface area contributed by atoms with E-state index < -0.39 is 10.0 Å². The molecular formula is C16H15N3O3S2. The van der Waals surface area contributed by atoms with Crippen LogP contribution in [0, 0.1) is 6.92 Å². The highest BCUT2D eigenvalue weighted by atomic mass is 32.2. The highest BCUT2D eigenvalue weighted by molar-refractivity contribution is 7.93. The Labute approximate surface area is 144 Å². The molecule has 8 heteroatoms. The number of ether oxygens (including phenoxy) is 1. The van der Waals surface area contributed by atoms with Gasteiger partial charge in [-0.3, -0.25) is 4.72 Å². The number of sulfonamides is 1. The van der Waals surface area contributed by atoms with E-state index in [-0.39, 0.29) is 10.0 Å². The highest BCUT2D eigenvalue weighted by Crippen LogP contribution is 2.28. The second kappa shape index (κ2) is 6.58. The van der Waals surface area contributed by atoms with E-state index in [9.17, 15) is 8.42 Å². The molecule has 0 saturated carbocycles. The summed E-state index contributed by atoms with van der Waals surface area (Å²) in [6.45, 7) is 1.79. The summed E-state index contributed by atoms with van der Waals surface area (Å²) >= 11 is 1.18. The third-order valence-electron chi connectivity index (χ3n) is 3.34. The average Bonchev–Trinajstić information content (AvgIpc) is 3.03. The first kappa shape index (κ1) is 16.4. The van der Waals surface area contributed by atoms with E-state index in [0.29, 0.717) is 10.8 Å². The van der Waals surface area contributed by atoms with Crippen molar-refractivity contribution < 1.29 is 13.2 Å². The summed E-state index contributed by atoms with van der Waals surface area (Å²) in [5, 5.41) is 8.82. The smallest absolute Gasteiger partial charge is 0.263 e. The van der Waals surface area contributed by atoms with E-state index in [4.69, 9.17) is 4.74 Å². The number of nitrogens with zero attached hydrogens (tertiary/aromatic N) is 2. The summed E-state index contributed by atoms with van der Waals surface area (Å²) in [5.74, 6) is 0.635. The van der Waals surface area contributed by atoms with Crippen LogP contribution in [0.25, 0.3) is 10.6 Å². The Kier molecular flexibility index (Phi) is 4.50. The van der Waals surface area contributed by atoms with Crippen LogP contribution in [0.15, 0.2) is 53.4 Å². The van der Waals surface area contributed by atoms with Crippen LogP contribution in [0.4, 0.5) is 5.13 Å². The zero-order valence-corrected chi connectivity index (χ0v) is 14.7. The Bertz CT molecular complexity index is 954. The summed E-state index contributed by atoms with van der Waals surface area (Å²) in [5.41, 5.74) is 1.63. The standard InChI is InChI=1S/C16H15N3O3S2/c1-11-10-13(8-9-14(11)22-2)24(20,21)19-16-18-17-15(23-16)12-6-4-3-5-7-12/h3-10H,1-2H3,(H,18,19).